The highest BCUT2D eigenvalue weighted by atomic mass is 19.1. The number of halogens is 2. The highest BCUT2D eigenvalue weighted by molar-refractivity contribution is 5.96. The van der Waals surface area contributed by atoms with Crippen molar-refractivity contribution in [2.75, 3.05) is 11.9 Å². The van der Waals surface area contributed by atoms with Crippen molar-refractivity contribution in [1.29, 1.82) is 0 Å². The van der Waals surface area contributed by atoms with Crippen LogP contribution < -0.4 is 5.32 Å². The monoisotopic (exact) mass is 333 g/mol. The Morgan fingerprint density at radius 2 is 1.79 bits per heavy atom. The zero-order valence-corrected chi connectivity index (χ0v) is 13.4. The largest absolute Gasteiger partial charge is 0.452 e. The number of hydrogen-bond donors (Lipinski definition) is 1. The number of anilines is 1. The van der Waals surface area contributed by atoms with E-state index >= 15 is 0 Å². The molecule has 0 atom stereocenters. The van der Waals surface area contributed by atoms with Crippen LogP contribution in [0.2, 0.25) is 0 Å². The molecule has 4 nitrogen and oxygen atoms in total. The molecule has 0 aromatic heterocycles. The van der Waals surface area contributed by atoms with Crippen molar-refractivity contribution < 1.29 is 23.1 Å². The minimum Gasteiger partial charge on any atom is -0.452 e. The predicted octanol–water partition coefficient (Wildman–Crippen LogP) is 3.63. The van der Waals surface area contributed by atoms with E-state index in [1.165, 1.54) is 0 Å². The third kappa shape index (κ3) is 4.38. The zero-order chi connectivity index (χ0) is 17.7. The normalized spacial score (nSPS) is 10.3. The fourth-order valence-electron chi connectivity index (χ4n) is 2.26. The van der Waals surface area contributed by atoms with Crippen LogP contribution in [-0.4, -0.2) is 18.5 Å². The molecule has 2 rings (SSSR count). The lowest BCUT2D eigenvalue weighted by Gasteiger charge is -2.13. The van der Waals surface area contributed by atoms with E-state index in [1.54, 1.807) is 0 Å². The van der Waals surface area contributed by atoms with Crippen molar-refractivity contribution in [2.45, 2.75) is 20.3 Å². The van der Waals surface area contributed by atoms with Gasteiger partial charge in [0.05, 0.1) is 5.56 Å². The van der Waals surface area contributed by atoms with Gasteiger partial charge in [-0.1, -0.05) is 25.1 Å². The molecule has 2 aromatic carbocycles. The number of carbonyl (C=O) groups excluding carboxylic acids is 2. The van der Waals surface area contributed by atoms with Crippen molar-refractivity contribution in [3.05, 3.63) is 64.7 Å². The summed E-state index contributed by atoms with van der Waals surface area (Å²) in [5.41, 5.74) is 2.24. The van der Waals surface area contributed by atoms with E-state index < -0.39 is 30.1 Å². The van der Waals surface area contributed by atoms with Gasteiger partial charge in [-0.2, -0.15) is 0 Å². The van der Waals surface area contributed by atoms with Gasteiger partial charge in [-0.25, -0.2) is 13.6 Å². The molecular weight excluding hydrogens is 316 g/mol. The maximum Gasteiger partial charge on any atom is 0.338 e. The number of hydrogen-bond acceptors (Lipinski definition) is 3. The highest BCUT2D eigenvalue weighted by Gasteiger charge is 2.14. The average Bonchev–Trinajstić information content (AvgIpc) is 2.53. The van der Waals surface area contributed by atoms with Crippen LogP contribution in [0.5, 0.6) is 0 Å². The SMILES string of the molecule is CCc1cccc(C)c1NC(=O)COC(=O)c1cc(F)cc(F)c1. The molecule has 0 heterocycles. The lowest BCUT2D eigenvalue weighted by Crippen LogP contribution is -2.22. The Hall–Kier alpha value is -2.76. The number of amides is 1. The van der Waals surface area contributed by atoms with Gasteiger partial charge in [-0.05, 0) is 36.6 Å². The van der Waals surface area contributed by atoms with Gasteiger partial charge in [-0.15, -0.1) is 0 Å². The number of carbonyl (C=O) groups is 2. The fourth-order valence-corrected chi connectivity index (χ4v) is 2.26. The summed E-state index contributed by atoms with van der Waals surface area (Å²) < 4.78 is 31.0. The Labute approximate surface area is 138 Å². The molecule has 6 heteroatoms. The second-order valence-corrected chi connectivity index (χ2v) is 5.25. The summed E-state index contributed by atoms with van der Waals surface area (Å²) in [7, 11) is 0. The van der Waals surface area contributed by atoms with Gasteiger partial charge in [0.1, 0.15) is 11.6 Å². The molecule has 0 bridgehead atoms. The first-order chi connectivity index (χ1) is 11.4. The van der Waals surface area contributed by atoms with Crippen LogP contribution in [0.15, 0.2) is 36.4 Å². The third-order valence-corrected chi connectivity index (χ3v) is 3.44. The molecule has 0 fully saturated rings. The number of para-hydroxylation sites is 1. The molecule has 1 N–H and O–H groups in total. The minimum atomic E-state index is -0.968. The van der Waals surface area contributed by atoms with E-state index in [-0.39, 0.29) is 5.56 Å². The number of nitrogens with one attached hydrogen (secondary N) is 1. The van der Waals surface area contributed by atoms with Crippen LogP contribution in [0.25, 0.3) is 0 Å². The van der Waals surface area contributed by atoms with E-state index in [0.717, 1.165) is 29.7 Å². The molecule has 0 aliphatic carbocycles. The molecular formula is C18H17F2NO3. The summed E-state index contributed by atoms with van der Waals surface area (Å²) in [4.78, 5) is 23.7. The maximum absolute atomic E-state index is 13.1. The molecule has 0 saturated heterocycles. The van der Waals surface area contributed by atoms with E-state index in [9.17, 15) is 18.4 Å². The van der Waals surface area contributed by atoms with Crippen molar-refractivity contribution in [2.24, 2.45) is 0 Å². The Morgan fingerprint density at radius 3 is 2.42 bits per heavy atom. The van der Waals surface area contributed by atoms with Crippen LogP contribution in [0.4, 0.5) is 14.5 Å². The van der Waals surface area contributed by atoms with E-state index in [4.69, 9.17) is 4.74 Å². The summed E-state index contributed by atoms with van der Waals surface area (Å²) >= 11 is 0. The molecule has 24 heavy (non-hydrogen) atoms. The Bertz CT molecular complexity index is 755. The van der Waals surface area contributed by atoms with Crippen LogP contribution in [-0.2, 0) is 16.0 Å². The predicted molar refractivity (Wildman–Crippen MR) is 85.8 cm³/mol. The third-order valence-electron chi connectivity index (χ3n) is 3.44. The number of aryl methyl sites for hydroxylation is 2. The molecule has 0 radical (unpaired) electrons. The number of ether oxygens (including phenoxy) is 1. The zero-order valence-electron chi connectivity index (χ0n) is 13.4. The van der Waals surface area contributed by atoms with Gasteiger partial charge in [0, 0.05) is 11.8 Å². The summed E-state index contributed by atoms with van der Waals surface area (Å²) in [6, 6.07) is 7.98. The Balaban J connectivity index is 2.00. The average molecular weight is 333 g/mol. The quantitative estimate of drug-likeness (QED) is 0.850. The first kappa shape index (κ1) is 17.6. The fraction of sp³-hybridized carbons (Fsp3) is 0.222. The first-order valence-corrected chi connectivity index (χ1v) is 7.42. The second-order valence-electron chi connectivity index (χ2n) is 5.25. The minimum absolute atomic E-state index is 0.287. The lowest BCUT2D eigenvalue weighted by atomic mass is 10.1. The highest BCUT2D eigenvalue weighted by Crippen LogP contribution is 2.21. The summed E-state index contributed by atoms with van der Waals surface area (Å²) in [6.45, 7) is 3.27. The molecule has 2 aromatic rings. The molecule has 0 unspecified atom stereocenters. The lowest BCUT2D eigenvalue weighted by molar-refractivity contribution is -0.119. The van der Waals surface area contributed by atoms with Crippen molar-refractivity contribution >= 4 is 17.6 Å². The van der Waals surface area contributed by atoms with Crippen LogP contribution >= 0.6 is 0 Å². The number of rotatable bonds is 5. The molecule has 0 saturated carbocycles. The van der Waals surface area contributed by atoms with Gasteiger partial charge in [0.2, 0.25) is 0 Å². The number of esters is 1. The van der Waals surface area contributed by atoms with Crippen molar-refractivity contribution in [3.8, 4) is 0 Å². The molecule has 0 aliphatic heterocycles. The van der Waals surface area contributed by atoms with Gasteiger partial charge >= 0.3 is 5.97 Å². The van der Waals surface area contributed by atoms with Crippen molar-refractivity contribution in [1.82, 2.24) is 0 Å². The van der Waals surface area contributed by atoms with Crippen LogP contribution in [0.3, 0.4) is 0 Å². The van der Waals surface area contributed by atoms with Gasteiger partial charge < -0.3 is 10.1 Å². The molecule has 0 aliphatic rings. The van der Waals surface area contributed by atoms with E-state index in [1.807, 2.05) is 32.0 Å². The van der Waals surface area contributed by atoms with Gasteiger partial charge in [0.15, 0.2) is 6.61 Å². The molecule has 1 amide bonds. The smallest absolute Gasteiger partial charge is 0.338 e. The Morgan fingerprint density at radius 1 is 1.12 bits per heavy atom. The standard InChI is InChI=1S/C18H17F2NO3/c1-3-12-6-4-5-11(2)17(12)21-16(22)10-24-18(23)13-7-14(19)9-15(20)8-13/h4-9H,3,10H2,1-2H3,(H,21,22). The molecule has 0 spiro atoms. The van der Waals surface area contributed by atoms with E-state index in [0.29, 0.717) is 11.8 Å². The van der Waals surface area contributed by atoms with Crippen molar-refractivity contribution in [3.63, 3.8) is 0 Å². The van der Waals surface area contributed by atoms with Crippen LogP contribution in [0, 0.1) is 18.6 Å². The topological polar surface area (TPSA) is 55.4 Å². The second kappa shape index (κ2) is 7.68. The number of benzene rings is 2. The molecule has 126 valence electrons. The summed E-state index contributed by atoms with van der Waals surface area (Å²) in [6.07, 6.45) is 0.736. The maximum atomic E-state index is 13.1. The van der Waals surface area contributed by atoms with Crippen LogP contribution in [0.1, 0.15) is 28.4 Å². The van der Waals surface area contributed by atoms with E-state index in [2.05, 4.69) is 5.32 Å². The first-order valence-electron chi connectivity index (χ1n) is 7.42. The summed E-state index contributed by atoms with van der Waals surface area (Å²) in [5, 5.41) is 2.70. The Kier molecular flexibility index (Phi) is 5.63. The van der Waals surface area contributed by atoms with Gasteiger partial charge in [0.25, 0.3) is 5.91 Å². The van der Waals surface area contributed by atoms with Gasteiger partial charge in [-0.3, -0.25) is 4.79 Å². The summed E-state index contributed by atoms with van der Waals surface area (Å²) in [5.74, 6) is -3.27.